The van der Waals surface area contributed by atoms with Gasteiger partial charge in [0.05, 0.1) is 6.10 Å². The lowest BCUT2D eigenvalue weighted by Crippen LogP contribution is -2.29. The second-order valence-electron chi connectivity index (χ2n) is 4.34. The van der Waals surface area contributed by atoms with Crippen molar-refractivity contribution in [1.82, 2.24) is 0 Å². The molecule has 0 aromatic heterocycles. The van der Waals surface area contributed by atoms with Crippen molar-refractivity contribution < 1.29 is 19.8 Å². The van der Waals surface area contributed by atoms with Gasteiger partial charge in [-0.05, 0) is 12.1 Å². The van der Waals surface area contributed by atoms with Gasteiger partial charge in [-0.3, -0.25) is 9.59 Å². The highest BCUT2D eigenvalue weighted by molar-refractivity contribution is 7.99. The standard InChI is InChI=1S/C13H14O4S/c14-10-6-11(15)12(13(16)17)9(10)7-18-8-4-2-1-3-5-8/h1-5,9-10,12,14H,6-7H2,(H,16,17). The number of carboxylic acids is 1. The normalized spacial score (nSPS) is 27.4. The molecule has 0 spiro atoms. The van der Waals surface area contributed by atoms with Crippen molar-refractivity contribution in [3.63, 3.8) is 0 Å². The zero-order valence-electron chi connectivity index (χ0n) is 9.65. The van der Waals surface area contributed by atoms with E-state index < -0.39 is 23.9 Å². The van der Waals surface area contributed by atoms with E-state index in [1.807, 2.05) is 30.3 Å². The molecule has 1 aromatic rings. The average Bonchev–Trinajstić information content (AvgIpc) is 2.62. The smallest absolute Gasteiger partial charge is 0.314 e. The van der Waals surface area contributed by atoms with Crippen LogP contribution in [0.3, 0.4) is 0 Å². The first-order valence-corrected chi connectivity index (χ1v) is 6.69. The number of hydrogen-bond donors (Lipinski definition) is 2. The van der Waals surface area contributed by atoms with E-state index in [2.05, 4.69) is 0 Å². The summed E-state index contributed by atoms with van der Waals surface area (Å²) >= 11 is 1.47. The third-order valence-electron chi connectivity index (χ3n) is 3.13. The summed E-state index contributed by atoms with van der Waals surface area (Å²) in [5.74, 6) is -2.62. The molecule has 1 saturated carbocycles. The van der Waals surface area contributed by atoms with Crippen LogP contribution in [0.25, 0.3) is 0 Å². The number of carboxylic acid groups (broad SMARTS) is 1. The lowest BCUT2D eigenvalue weighted by Gasteiger charge is -2.17. The van der Waals surface area contributed by atoms with Crippen molar-refractivity contribution in [3.05, 3.63) is 30.3 Å². The van der Waals surface area contributed by atoms with E-state index in [1.165, 1.54) is 11.8 Å². The summed E-state index contributed by atoms with van der Waals surface area (Å²) in [4.78, 5) is 23.5. The molecule has 2 rings (SSSR count). The minimum absolute atomic E-state index is 0.0447. The Kier molecular flexibility index (Phi) is 4.04. The van der Waals surface area contributed by atoms with Crippen LogP contribution in [0, 0.1) is 11.8 Å². The molecule has 0 heterocycles. The topological polar surface area (TPSA) is 74.6 Å². The van der Waals surface area contributed by atoms with E-state index in [1.54, 1.807) is 0 Å². The van der Waals surface area contributed by atoms with Gasteiger partial charge in [-0.15, -0.1) is 11.8 Å². The van der Waals surface area contributed by atoms with Crippen molar-refractivity contribution in [3.8, 4) is 0 Å². The highest BCUT2D eigenvalue weighted by Crippen LogP contribution is 2.34. The fourth-order valence-corrected chi connectivity index (χ4v) is 3.33. The molecular formula is C13H14O4S. The van der Waals surface area contributed by atoms with Crippen LogP contribution in [0.15, 0.2) is 35.2 Å². The summed E-state index contributed by atoms with van der Waals surface area (Å²) in [5, 5.41) is 18.8. The average molecular weight is 266 g/mol. The molecule has 1 aliphatic rings. The number of carbonyl (C=O) groups is 2. The molecule has 0 saturated heterocycles. The Bertz CT molecular complexity index is 446. The van der Waals surface area contributed by atoms with Gasteiger partial charge in [0, 0.05) is 23.0 Å². The molecule has 3 unspecified atom stereocenters. The third-order valence-corrected chi connectivity index (χ3v) is 4.29. The summed E-state index contributed by atoms with van der Waals surface area (Å²) in [6.07, 6.45) is -0.883. The van der Waals surface area contributed by atoms with Gasteiger partial charge >= 0.3 is 5.97 Å². The molecule has 96 valence electrons. The Morgan fingerprint density at radius 1 is 1.33 bits per heavy atom. The van der Waals surface area contributed by atoms with Gasteiger partial charge in [0.25, 0.3) is 0 Å². The molecule has 2 N–H and O–H groups in total. The van der Waals surface area contributed by atoms with E-state index in [-0.39, 0.29) is 12.2 Å². The lowest BCUT2D eigenvalue weighted by atomic mass is 9.96. The summed E-state index contributed by atoms with van der Waals surface area (Å²) in [7, 11) is 0. The number of carbonyl (C=O) groups excluding carboxylic acids is 1. The highest BCUT2D eigenvalue weighted by atomic mass is 32.2. The van der Waals surface area contributed by atoms with Crippen LogP contribution in [0.4, 0.5) is 0 Å². The number of benzene rings is 1. The molecule has 3 atom stereocenters. The third kappa shape index (κ3) is 2.73. The number of aliphatic hydroxyl groups excluding tert-OH is 1. The molecule has 0 amide bonds. The summed E-state index contributed by atoms with van der Waals surface area (Å²) < 4.78 is 0. The fraction of sp³-hybridized carbons (Fsp3) is 0.385. The van der Waals surface area contributed by atoms with Crippen LogP contribution in [0.1, 0.15) is 6.42 Å². The molecule has 5 heteroatoms. The number of ketones is 1. The zero-order valence-corrected chi connectivity index (χ0v) is 10.5. The molecule has 0 bridgehead atoms. The maximum atomic E-state index is 11.5. The lowest BCUT2D eigenvalue weighted by molar-refractivity contribution is -0.146. The van der Waals surface area contributed by atoms with Crippen LogP contribution in [0.5, 0.6) is 0 Å². The van der Waals surface area contributed by atoms with Crippen molar-refractivity contribution in [2.24, 2.45) is 11.8 Å². The molecule has 0 aliphatic heterocycles. The second kappa shape index (κ2) is 5.54. The second-order valence-corrected chi connectivity index (χ2v) is 5.44. The van der Waals surface area contributed by atoms with Gasteiger partial charge < -0.3 is 10.2 Å². The van der Waals surface area contributed by atoms with Crippen molar-refractivity contribution in [1.29, 1.82) is 0 Å². The summed E-state index contributed by atoms with van der Waals surface area (Å²) in [6, 6.07) is 9.53. The van der Waals surface area contributed by atoms with E-state index in [0.717, 1.165) is 4.90 Å². The van der Waals surface area contributed by atoms with Gasteiger partial charge in [0.2, 0.25) is 0 Å². The number of aliphatic carboxylic acids is 1. The molecule has 0 radical (unpaired) electrons. The highest BCUT2D eigenvalue weighted by Gasteiger charge is 2.45. The van der Waals surface area contributed by atoms with Gasteiger partial charge in [-0.1, -0.05) is 18.2 Å². The molecule has 4 nitrogen and oxygen atoms in total. The number of Topliss-reactive ketones (excluding diaryl/α,β-unsaturated/α-hetero) is 1. The first-order valence-electron chi connectivity index (χ1n) is 5.71. The number of thioether (sulfide) groups is 1. The number of rotatable bonds is 4. The Labute approximate surface area is 109 Å². The Hall–Kier alpha value is -1.33. The molecule has 1 aromatic carbocycles. The molecule has 1 aliphatic carbocycles. The minimum Gasteiger partial charge on any atom is -0.481 e. The van der Waals surface area contributed by atoms with Gasteiger partial charge in [-0.2, -0.15) is 0 Å². The molecule has 18 heavy (non-hydrogen) atoms. The van der Waals surface area contributed by atoms with E-state index in [0.29, 0.717) is 5.75 Å². The van der Waals surface area contributed by atoms with Crippen molar-refractivity contribution in [2.75, 3.05) is 5.75 Å². The minimum atomic E-state index is -1.13. The zero-order chi connectivity index (χ0) is 13.1. The quantitative estimate of drug-likeness (QED) is 0.637. The van der Waals surface area contributed by atoms with Crippen molar-refractivity contribution in [2.45, 2.75) is 17.4 Å². The number of aliphatic hydroxyl groups is 1. The van der Waals surface area contributed by atoms with Crippen LogP contribution in [-0.4, -0.2) is 33.8 Å². The van der Waals surface area contributed by atoms with Gasteiger partial charge in [0.1, 0.15) is 11.7 Å². The summed E-state index contributed by atoms with van der Waals surface area (Å²) in [6.45, 7) is 0. The monoisotopic (exact) mass is 266 g/mol. The Morgan fingerprint density at radius 2 is 2.00 bits per heavy atom. The first kappa shape index (κ1) is 13.1. The van der Waals surface area contributed by atoms with Crippen LogP contribution < -0.4 is 0 Å². The predicted molar refractivity (Wildman–Crippen MR) is 67.4 cm³/mol. The fourth-order valence-electron chi connectivity index (χ4n) is 2.18. The van der Waals surface area contributed by atoms with Crippen LogP contribution in [0.2, 0.25) is 0 Å². The van der Waals surface area contributed by atoms with Gasteiger partial charge in [0.15, 0.2) is 0 Å². The first-order chi connectivity index (χ1) is 8.59. The Morgan fingerprint density at radius 3 is 2.61 bits per heavy atom. The van der Waals surface area contributed by atoms with Crippen molar-refractivity contribution >= 4 is 23.5 Å². The van der Waals surface area contributed by atoms with Gasteiger partial charge in [-0.25, -0.2) is 0 Å². The van der Waals surface area contributed by atoms with E-state index >= 15 is 0 Å². The van der Waals surface area contributed by atoms with E-state index in [9.17, 15) is 14.7 Å². The van der Waals surface area contributed by atoms with Crippen LogP contribution >= 0.6 is 11.8 Å². The predicted octanol–water partition coefficient (Wildman–Crippen LogP) is 1.43. The maximum Gasteiger partial charge on any atom is 0.314 e. The molecular weight excluding hydrogens is 252 g/mol. The SMILES string of the molecule is O=C(O)C1C(=O)CC(O)C1CSc1ccccc1. The number of hydrogen-bond acceptors (Lipinski definition) is 4. The molecule has 1 fully saturated rings. The summed E-state index contributed by atoms with van der Waals surface area (Å²) in [5.41, 5.74) is 0. The largest absolute Gasteiger partial charge is 0.481 e. The van der Waals surface area contributed by atoms with E-state index in [4.69, 9.17) is 5.11 Å². The maximum absolute atomic E-state index is 11.5. The van der Waals surface area contributed by atoms with Crippen LogP contribution in [-0.2, 0) is 9.59 Å². The Balaban J connectivity index is 2.03.